The summed E-state index contributed by atoms with van der Waals surface area (Å²) >= 11 is 0. The maximum atomic E-state index is 13.7. The standard InChI is InChI=1S/C12H13FN2O2/c13-9-3-7-1-2-12(16)15-10(7)4-11(9)17-8-5-14-6-8/h3-4,8,14H,1-2,5-6H2,(H,15,16). The molecule has 0 radical (unpaired) electrons. The predicted octanol–water partition coefficient (Wildman–Crippen LogP) is 1.06. The number of carbonyl (C=O) groups is 1. The Morgan fingerprint density at radius 1 is 1.29 bits per heavy atom. The molecule has 0 unspecified atom stereocenters. The van der Waals surface area contributed by atoms with Gasteiger partial charge in [-0.3, -0.25) is 4.79 Å². The molecule has 1 amide bonds. The van der Waals surface area contributed by atoms with E-state index in [1.54, 1.807) is 6.07 Å². The fourth-order valence-electron chi connectivity index (χ4n) is 1.99. The van der Waals surface area contributed by atoms with Crippen LogP contribution in [0.3, 0.4) is 0 Å². The minimum absolute atomic E-state index is 0.0274. The molecule has 90 valence electrons. The highest BCUT2D eigenvalue weighted by molar-refractivity contribution is 5.94. The lowest BCUT2D eigenvalue weighted by atomic mass is 10.0. The summed E-state index contributed by atoms with van der Waals surface area (Å²) in [6.07, 6.45) is 1.03. The molecule has 1 aromatic rings. The number of aryl methyl sites for hydroxylation is 1. The molecule has 0 aromatic heterocycles. The third kappa shape index (κ3) is 1.98. The van der Waals surface area contributed by atoms with Crippen molar-refractivity contribution >= 4 is 11.6 Å². The van der Waals surface area contributed by atoms with E-state index in [0.717, 1.165) is 18.7 Å². The first kappa shape index (κ1) is 10.5. The first-order valence-corrected chi connectivity index (χ1v) is 5.72. The van der Waals surface area contributed by atoms with E-state index in [1.807, 2.05) is 0 Å². The van der Waals surface area contributed by atoms with Gasteiger partial charge in [0.15, 0.2) is 11.6 Å². The van der Waals surface area contributed by atoms with E-state index in [-0.39, 0.29) is 23.6 Å². The highest BCUT2D eigenvalue weighted by Gasteiger charge is 2.22. The molecule has 1 aromatic carbocycles. The topological polar surface area (TPSA) is 50.4 Å². The Kier molecular flexibility index (Phi) is 2.48. The number of ether oxygens (including phenoxy) is 1. The van der Waals surface area contributed by atoms with Crippen LogP contribution < -0.4 is 15.4 Å². The van der Waals surface area contributed by atoms with Gasteiger partial charge in [0.25, 0.3) is 0 Å². The molecule has 1 saturated heterocycles. The van der Waals surface area contributed by atoms with Crippen LogP contribution in [0.25, 0.3) is 0 Å². The number of carbonyl (C=O) groups excluding carboxylic acids is 1. The summed E-state index contributed by atoms with van der Waals surface area (Å²) in [5.74, 6) is -0.162. The minimum Gasteiger partial charge on any atom is -0.485 e. The number of rotatable bonds is 2. The molecule has 0 aliphatic carbocycles. The smallest absolute Gasteiger partial charge is 0.224 e. The fraction of sp³-hybridized carbons (Fsp3) is 0.417. The van der Waals surface area contributed by atoms with Crippen molar-refractivity contribution in [3.63, 3.8) is 0 Å². The Morgan fingerprint density at radius 2 is 2.12 bits per heavy atom. The van der Waals surface area contributed by atoms with Gasteiger partial charge >= 0.3 is 0 Å². The molecule has 0 saturated carbocycles. The van der Waals surface area contributed by atoms with E-state index in [4.69, 9.17) is 4.74 Å². The van der Waals surface area contributed by atoms with Gasteiger partial charge < -0.3 is 15.4 Å². The first-order valence-electron chi connectivity index (χ1n) is 5.72. The highest BCUT2D eigenvalue weighted by Crippen LogP contribution is 2.30. The normalized spacial score (nSPS) is 19.2. The Bertz CT molecular complexity index is 472. The predicted molar refractivity (Wildman–Crippen MR) is 60.6 cm³/mol. The van der Waals surface area contributed by atoms with E-state index in [1.165, 1.54) is 6.07 Å². The van der Waals surface area contributed by atoms with Crippen molar-refractivity contribution in [1.29, 1.82) is 0 Å². The zero-order valence-electron chi connectivity index (χ0n) is 9.25. The van der Waals surface area contributed by atoms with Crippen LogP contribution in [0.1, 0.15) is 12.0 Å². The summed E-state index contributed by atoms with van der Waals surface area (Å²) < 4.78 is 19.2. The molecule has 5 heteroatoms. The van der Waals surface area contributed by atoms with Gasteiger partial charge in [-0.15, -0.1) is 0 Å². The summed E-state index contributed by atoms with van der Waals surface area (Å²) in [5.41, 5.74) is 1.51. The first-order chi connectivity index (χ1) is 8.22. The lowest BCUT2D eigenvalue weighted by Crippen LogP contribution is -2.50. The molecule has 1 fully saturated rings. The average molecular weight is 236 g/mol. The number of anilines is 1. The van der Waals surface area contributed by atoms with Gasteiger partial charge in [-0.2, -0.15) is 0 Å². The van der Waals surface area contributed by atoms with E-state index in [0.29, 0.717) is 18.5 Å². The van der Waals surface area contributed by atoms with Crippen LogP contribution in [0.15, 0.2) is 12.1 Å². The molecule has 3 rings (SSSR count). The minimum atomic E-state index is -0.355. The summed E-state index contributed by atoms with van der Waals surface area (Å²) in [4.78, 5) is 11.3. The van der Waals surface area contributed by atoms with Crippen molar-refractivity contribution in [3.05, 3.63) is 23.5 Å². The molecular formula is C12H13FN2O2. The van der Waals surface area contributed by atoms with Gasteiger partial charge in [-0.25, -0.2) is 4.39 Å². The van der Waals surface area contributed by atoms with Gasteiger partial charge in [-0.05, 0) is 18.1 Å². The molecule has 2 heterocycles. The number of halogens is 1. The van der Waals surface area contributed by atoms with E-state index >= 15 is 0 Å². The molecule has 17 heavy (non-hydrogen) atoms. The number of fused-ring (bicyclic) bond motifs is 1. The molecule has 0 spiro atoms. The number of amides is 1. The van der Waals surface area contributed by atoms with E-state index < -0.39 is 0 Å². The van der Waals surface area contributed by atoms with E-state index in [9.17, 15) is 9.18 Å². The molecule has 2 N–H and O–H groups in total. The number of nitrogens with one attached hydrogen (secondary N) is 2. The quantitative estimate of drug-likeness (QED) is 0.807. The van der Waals surface area contributed by atoms with Gasteiger partial charge in [0.05, 0.1) is 0 Å². The molecule has 0 bridgehead atoms. The Hall–Kier alpha value is -1.62. The lowest BCUT2D eigenvalue weighted by Gasteiger charge is -2.28. The van der Waals surface area contributed by atoms with Crippen LogP contribution in [-0.2, 0) is 11.2 Å². The summed E-state index contributed by atoms with van der Waals surface area (Å²) in [6, 6.07) is 3.04. The highest BCUT2D eigenvalue weighted by atomic mass is 19.1. The molecule has 2 aliphatic heterocycles. The molecular weight excluding hydrogens is 223 g/mol. The van der Waals surface area contributed by atoms with Crippen LogP contribution in [0.2, 0.25) is 0 Å². The second kappa shape index (κ2) is 4.00. The van der Waals surface area contributed by atoms with Crippen molar-refractivity contribution < 1.29 is 13.9 Å². The van der Waals surface area contributed by atoms with Crippen molar-refractivity contribution in [3.8, 4) is 5.75 Å². The van der Waals surface area contributed by atoms with Gasteiger partial charge in [0, 0.05) is 31.3 Å². The molecule has 2 aliphatic rings. The lowest BCUT2D eigenvalue weighted by molar-refractivity contribution is -0.116. The third-order valence-electron chi connectivity index (χ3n) is 3.09. The van der Waals surface area contributed by atoms with Crippen LogP contribution in [0.5, 0.6) is 5.75 Å². The Balaban J connectivity index is 1.88. The average Bonchev–Trinajstić information content (AvgIpc) is 2.24. The van der Waals surface area contributed by atoms with Crippen LogP contribution in [-0.4, -0.2) is 25.1 Å². The zero-order chi connectivity index (χ0) is 11.8. The number of hydrogen-bond acceptors (Lipinski definition) is 3. The molecule has 0 atom stereocenters. The molecule has 4 nitrogen and oxygen atoms in total. The fourth-order valence-corrected chi connectivity index (χ4v) is 1.99. The maximum Gasteiger partial charge on any atom is 0.224 e. The Labute approximate surface area is 98.1 Å². The summed E-state index contributed by atoms with van der Waals surface area (Å²) in [7, 11) is 0. The summed E-state index contributed by atoms with van der Waals surface area (Å²) in [6.45, 7) is 1.48. The largest absolute Gasteiger partial charge is 0.485 e. The summed E-state index contributed by atoms with van der Waals surface area (Å²) in [5, 5.41) is 5.79. The van der Waals surface area contributed by atoms with Crippen molar-refractivity contribution in [2.75, 3.05) is 18.4 Å². The van der Waals surface area contributed by atoms with Crippen molar-refractivity contribution in [2.24, 2.45) is 0 Å². The van der Waals surface area contributed by atoms with Crippen LogP contribution in [0.4, 0.5) is 10.1 Å². The van der Waals surface area contributed by atoms with Crippen molar-refractivity contribution in [2.45, 2.75) is 18.9 Å². The maximum absolute atomic E-state index is 13.7. The van der Waals surface area contributed by atoms with Crippen molar-refractivity contribution in [1.82, 2.24) is 5.32 Å². The van der Waals surface area contributed by atoms with Crippen LogP contribution >= 0.6 is 0 Å². The van der Waals surface area contributed by atoms with Gasteiger partial charge in [0.2, 0.25) is 5.91 Å². The Morgan fingerprint density at radius 3 is 2.82 bits per heavy atom. The van der Waals surface area contributed by atoms with Gasteiger partial charge in [0.1, 0.15) is 6.10 Å². The second-order valence-corrected chi connectivity index (χ2v) is 4.39. The zero-order valence-corrected chi connectivity index (χ0v) is 9.25. The number of hydrogen-bond donors (Lipinski definition) is 2. The van der Waals surface area contributed by atoms with E-state index in [2.05, 4.69) is 10.6 Å². The monoisotopic (exact) mass is 236 g/mol. The number of benzene rings is 1. The SMILES string of the molecule is O=C1CCc2cc(F)c(OC3CNC3)cc2N1. The second-order valence-electron chi connectivity index (χ2n) is 4.39. The third-order valence-corrected chi connectivity index (χ3v) is 3.09. The van der Waals surface area contributed by atoms with Gasteiger partial charge in [-0.1, -0.05) is 0 Å². The van der Waals surface area contributed by atoms with Crippen LogP contribution in [0, 0.1) is 5.82 Å².